The van der Waals surface area contributed by atoms with Crippen LogP contribution in [-0.4, -0.2) is 21.3 Å². The Morgan fingerprint density at radius 3 is 2.45 bits per heavy atom. The molecule has 1 aliphatic carbocycles. The number of rotatable bonds is 6. The second-order valence-electron chi connectivity index (χ2n) is 8.34. The van der Waals surface area contributed by atoms with Gasteiger partial charge >= 0.3 is 6.18 Å². The number of carbonyl (C=O) groups excluding carboxylic acids is 1. The number of fused-ring (bicyclic) bond motifs is 1. The Hall–Kier alpha value is -3.61. The average molecular weight is 449 g/mol. The third-order valence-electron chi connectivity index (χ3n) is 5.82. The summed E-state index contributed by atoms with van der Waals surface area (Å²) < 4.78 is 41.5. The molecule has 5 rings (SSSR count). The molecule has 1 saturated carbocycles. The number of pyridine rings is 1. The highest BCUT2D eigenvalue weighted by atomic mass is 19.4. The Kier molecular flexibility index (Phi) is 5.40. The van der Waals surface area contributed by atoms with Crippen LogP contribution in [-0.2, 0) is 17.4 Å². The van der Waals surface area contributed by atoms with Gasteiger partial charge in [-0.1, -0.05) is 42.5 Å². The molecule has 0 spiro atoms. The zero-order valence-corrected chi connectivity index (χ0v) is 17.8. The van der Waals surface area contributed by atoms with Gasteiger partial charge in [0.2, 0.25) is 5.91 Å². The summed E-state index contributed by atoms with van der Waals surface area (Å²) in [5.41, 5.74) is 3.68. The molecular formula is C26H22F3N3O. The first-order valence-corrected chi connectivity index (χ1v) is 10.9. The maximum Gasteiger partial charge on any atom is 0.416 e. The van der Waals surface area contributed by atoms with E-state index < -0.39 is 11.7 Å². The van der Waals surface area contributed by atoms with E-state index >= 15 is 0 Å². The lowest BCUT2D eigenvalue weighted by atomic mass is 10.0. The minimum Gasteiger partial charge on any atom is -0.353 e. The molecule has 4 nitrogen and oxygen atoms in total. The van der Waals surface area contributed by atoms with Gasteiger partial charge in [0.1, 0.15) is 5.65 Å². The first kappa shape index (κ1) is 21.2. The van der Waals surface area contributed by atoms with E-state index in [2.05, 4.69) is 5.32 Å². The lowest BCUT2D eigenvalue weighted by Gasteiger charge is -2.10. The SMILES string of the molecule is O=C(CCc1c(-c2ccccc2)nc2ccc(-c3cccc(C(F)(F)F)c3)cn12)NC1CC1. The second-order valence-corrected chi connectivity index (χ2v) is 8.34. The zero-order chi connectivity index (χ0) is 23.0. The van der Waals surface area contributed by atoms with Gasteiger partial charge in [0.05, 0.1) is 17.0 Å². The molecule has 7 heteroatoms. The number of hydrogen-bond acceptors (Lipinski definition) is 2. The van der Waals surface area contributed by atoms with Crippen molar-refractivity contribution in [1.29, 1.82) is 0 Å². The number of nitrogens with zero attached hydrogens (tertiary/aromatic N) is 2. The number of amides is 1. The number of nitrogens with one attached hydrogen (secondary N) is 1. The van der Waals surface area contributed by atoms with Crippen molar-refractivity contribution in [2.75, 3.05) is 0 Å². The number of alkyl halides is 3. The van der Waals surface area contributed by atoms with E-state index in [1.807, 2.05) is 34.7 Å². The molecule has 2 aromatic heterocycles. The largest absolute Gasteiger partial charge is 0.416 e. The summed E-state index contributed by atoms with van der Waals surface area (Å²) in [7, 11) is 0. The molecule has 0 atom stereocenters. The smallest absolute Gasteiger partial charge is 0.353 e. The molecule has 1 fully saturated rings. The van der Waals surface area contributed by atoms with Crippen LogP contribution >= 0.6 is 0 Å². The number of halogens is 3. The quantitative estimate of drug-likeness (QED) is 0.399. The van der Waals surface area contributed by atoms with Crippen molar-refractivity contribution in [2.24, 2.45) is 0 Å². The van der Waals surface area contributed by atoms with Crippen LogP contribution < -0.4 is 5.32 Å². The molecule has 4 aromatic rings. The Bertz CT molecular complexity index is 1310. The molecule has 0 bridgehead atoms. The molecule has 2 heterocycles. The standard InChI is InChI=1S/C26H22F3N3O/c27-26(28,29)20-8-4-7-18(15-20)19-9-13-23-31-25(17-5-2-1-3-6-17)22(32(23)16-19)12-14-24(33)30-21-10-11-21/h1-9,13,15-16,21H,10-12,14H2,(H,30,33). The molecule has 168 valence electrons. The number of carbonyl (C=O) groups is 1. The first-order valence-electron chi connectivity index (χ1n) is 10.9. The predicted octanol–water partition coefficient (Wildman–Crippen LogP) is 5.90. The normalized spacial score (nSPS) is 13.9. The first-order chi connectivity index (χ1) is 15.9. The van der Waals surface area contributed by atoms with Gasteiger partial charge < -0.3 is 9.72 Å². The van der Waals surface area contributed by atoms with Gasteiger partial charge in [0, 0.05) is 24.2 Å². The van der Waals surface area contributed by atoms with E-state index in [0.29, 0.717) is 35.7 Å². The van der Waals surface area contributed by atoms with Crippen molar-refractivity contribution < 1.29 is 18.0 Å². The van der Waals surface area contributed by atoms with Gasteiger partial charge in [-0.05, 0) is 54.7 Å². The van der Waals surface area contributed by atoms with Crippen molar-refractivity contribution in [3.63, 3.8) is 0 Å². The lowest BCUT2D eigenvalue weighted by Crippen LogP contribution is -2.25. The van der Waals surface area contributed by atoms with Crippen molar-refractivity contribution in [3.8, 4) is 22.4 Å². The van der Waals surface area contributed by atoms with Gasteiger partial charge in [-0.3, -0.25) is 4.79 Å². The number of imidazole rings is 1. The summed E-state index contributed by atoms with van der Waals surface area (Å²) in [4.78, 5) is 17.1. The van der Waals surface area contributed by atoms with Gasteiger partial charge in [-0.15, -0.1) is 0 Å². The minimum absolute atomic E-state index is 0.000458. The van der Waals surface area contributed by atoms with E-state index in [1.165, 1.54) is 6.07 Å². The third kappa shape index (κ3) is 4.62. The molecule has 0 radical (unpaired) electrons. The van der Waals surface area contributed by atoms with Crippen LogP contribution in [0.1, 0.15) is 30.5 Å². The number of aromatic nitrogens is 2. The Balaban J connectivity index is 1.56. The van der Waals surface area contributed by atoms with Crippen molar-refractivity contribution in [1.82, 2.24) is 14.7 Å². The molecule has 0 aliphatic heterocycles. The minimum atomic E-state index is -4.41. The van der Waals surface area contributed by atoms with Crippen LogP contribution in [0.15, 0.2) is 72.9 Å². The summed E-state index contributed by atoms with van der Waals surface area (Å²) in [6, 6.07) is 18.9. The molecule has 2 aromatic carbocycles. The monoisotopic (exact) mass is 449 g/mol. The zero-order valence-electron chi connectivity index (χ0n) is 17.8. The highest BCUT2D eigenvalue weighted by Gasteiger charge is 2.30. The van der Waals surface area contributed by atoms with Gasteiger partial charge in [-0.25, -0.2) is 4.98 Å². The molecule has 33 heavy (non-hydrogen) atoms. The highest BCUT2D eigenvalue weighted by Crippen LogP contribution is 2.33. The highest BCUT2D eigenvalue weighted by molar-refractivity contribution is 5.77. The molecule has 0 unspecified atom stereocenters. The number of benzene rings is 2. The topological polar surface area (TPSA) is 46.4 Å². The lowest BCUT2D eigenvalue weighted by molar-refractivity contribution is -0.137. The van der Waals surface area contributed by atoms with Gasteiger partial charge in [0.25, 0.3) is 0 Å². The van der Waals surface area contributed by atoms with Crippen LogP contribution in [0.2, 0.25) is 0 Å². The average Bonchev–Trinajstić information content (AvgIpc) is 3.55. The van der Waals surface area contributed by atoms with E-state index in [4.69, 9.17) is 4.98 Å². The van der Waals surface area contributed by atoms with Crippen LogP contribution in [0.3, 0.4) is 0 Å². The number of hydrogen-bond donors (Lipinski definition) is 1. The second kappa shape index (κ2) is 8.39. The van der Waals surface area contributed by atoms with E-state index in [0.717, 1.165) is 41.9 Å². The van der Waals surface area contributed by atoms with E-state index in [9.17, 15) is 18.0 Å². The fourth-order valence-electron chi connectivity index (χ4n) is 3.96. The third-order valence-corrected chi connectivity index (χ3v) is 5.82. The Labute approximate surface area is 189 Å². The fourth-order valence-corrected chi connectivity index (χ4v) is 3.96. The van der Waals surface area contributed by atoms with E-state index in [-0.39, 0.29) is 5.91 Å². The summed E-state index contributed by atoms with van der Waals surface area (Å²) in [6.07, 6.45) is 0.232. The predicted molar refractivity (Wildman–Crippen MR) is 121 cm³/mol. The summed E-state index contributed by atoms with van der Waals surface area (Å²) in [5.74, 6) is 0.000458. The fraction of sp³-hybridized carbons (Fsp3) is 0.231. The van der Waals surface area contributed by atoms with Crippen LogP contribution in [0, 0.1) is 0 Å². The van der Waals surface area contributed by atoms with Crippen molar-refractivity contribution in [2.45, 2.75) is 37.9 Å². The maximum atomic E-state index is 13.2. The van der Waals surface area contributed by atoms with Gasteiger partial charge in [0.15, 0.2) is 0 Å². The van der Waals surface area contributed by atoms with Crippen LogP contribution in [0.25, 0.3) is 28.0 Å². The van der Waals surface area contributed by atoms with Crippen LogP contribution in [0.4, 0.5) is 13.2 Å². The molecule has 1 aliphatic rings. The summed E-state index contributed by atoms with van der Waals surface area (Å²) in [5, 5.41) is 3.01. The van der Waals surface area contributed by atoms with Gasteiger partial charge in [-0.2, -0.15) is 13.2 Å². The molecular weight excluding hydrogens is 427 g/mol. The summed E-state index contributed by atoms with van der Waals surface area (Å²) in [6.45, 7) is 0. The van der Waals surface area contributed by atoms with Crippen molar-refractivity contribution >= 4 is 11.6 Å². The molecule has 0 saturated heterocycles. The number of aryl methyl sites for hydroxylation is 1. The Morgan fingerprint density at radius 1 is 0.970 bits per heavy atom. The molecule has 1 amide bonds. The maximum absolute atomic E-state index is 13.2. The molecule has 1 N–H and O–H groups in total. The van der Waals surface area contributed by atoms with E-state index in [1.54, 1.807) is 24.4 Å². The van der Waals surface area contributed by atoms with Crippen molar-refractivity contribution in [3.05, 3.63) is 84.2 Å². The summed E-state index contributed by atoms with van der Waals surface area (Å²) >= 11 is 0. The Morgan fingerprint density at radius 2 is 1.73 bits per heavy atom. The van der Waals surface area contributed by atoms with Crippen LogP contribution in [0.5, 0.6) is 0 Å².